The van der Waals surface area contributed by atoms with Gasteiger partial charge in [-0.05, 0) is 61.6 Å². The summed E-state index contributed by atoms with van der Waals surface area (Å²) < 4.78 is 0. The van der Waals surface area contributed by atoms with Crippen LogP contribution >= 0.6 is 0 Å². The number of aryl methyl sites for hydroxylation is 1. The molecular weight excluding hydrogens is 220 g/mol. The van der Waals surface area contributed by atoms with Crippen LogP contribution in [0.1, 0.15) is 55.6 Å². The fourth-order valence-electron chi connectivity index (χ4n) is 3.31. The number of hydrogen-bond donors (Lipinski definition) is 0. The molecule has 0 fully saturated rings. The molecule has 0 saturated carbocycles. The largest absolute Gasteiger partial charge is 0.294 e. The average molecular weight is 240 g/mol. The summed E-state index contributed by atoms with van der Waals surface area (Å²) in [6.07, 6.45) is 10.0. The van der Waals surface area contributed by atoms with Gasteiger partial charge in [0.2, 0.25) is 0 Å². The van der Waals surface area contributed by atoms with Gasteiger partial charge in [-0.3, -0.25) is 4.79 Å². The van der Waals surface area contributed by atoms with Gasteiger partial charge in [-0.1, -0.05) is 30.3 Å². The van der Waals surface area contributed by atoms with E-state index in [1.165, 1.54) is 24.0 Å². The summed E-state index contributed by atoms with van der Waals surface area (Å²) in [6.45, 7) is 0. The molecule has 0 heterocycles. The van der Waals surface area contributed by atoms with Crippen LogP contribution in [0.4, 0.5) is 0 Å². The maximum absolute atomic E-state index is 12.6. The Morgan fingerprint density at radius 2 is 1.94 bits per heavy atom. The first-order valence-electron chi connectivity index (χ1n) is 7.17. The highest BCUT2D eigenvalue weighted by Gasteiger charge is 2.28. The van der Waals surface area contributed by atoms with Crippen molar-refractivity contribution in [2.45, 2.75) is 50.9 Å². The fourth-order valence-corrected chi connectivity index (χ4v) is 3.31. The van der Waals surface area contributed by atoms with Crippen LogP contribution in [0.15, 0.2) is 35.9 Å². The Bertz CT molecular complexity index is 484. The maximum atomic E-state index is 12.6. The SMILES string of the molecule is O=C(C1=CCCCC1)C1CCCc2ccccc21. The predicted molar refractivity (Wildman–Crippen MR) is 73.7 cm³/mol. The highest BCUT2D eigenvalue weighted by molar-refractivity contribution is 6.00. The number of rotatable bonds is 2. The van der Waals surface area contributed by atoms with Crippen molar-refractivity contribution in [3.8, 4) is 0 Å². The standard InChI is InChI=1S/C17H20O/c18-17(14-8-2-1-3-9-14)16-12-6-10-13-7-4-5-11-15(13)16/h4-5,7-8,11,16H,1-3,6,9-10,12H2. The van der Waals surface area contributed by atoms with Gasteiger partial charge in [-0.2, -0.15) is 0 Å². The second-order valence-electron chi connectivity index (χ2n) is 5.48. The number of carbonyl (C=O) groups excluding carboxylic acids is 1. The quantitative estimate of drug-likeness (QED) is 0.758. The van der Waals surface area contributed by atoms with Crippen molar-refractivity contribution in [3.05, 3.63) is 47.0 Å². The predicted octanol–water partition coefficient (Wildman–Crippen LogP) is 4.18. The number of carbonyl (C=O) groups is 1. The average Bonchev–Trinajstić information content (AvgIpc) is 2.47. The Morgan fingerprint density at radius 1 is 1.06 bits per heavy atom. The summed E-state index contributed by atoms with van der Waals surface area (Å²) in [5.41, 5.74) is 3.78. The number of Topliss-reactive ketones (excluding diaryl/α,β-unsaturated/α-hetero) is 1. The molecule has 0 radical (unpaired) electrons. The van der Waals surface area contributed by atoms with Crippen molar-refractivity contribution in [1.29, 1.82) is 0 Å². The van der Waals surface area contributed by atoms with Crippen molar-refractivity contribution in [2.24, 2.45) is 0 Å². The lowest BCUT2D eigenvalue weighted by Gasteiger charge is -2.26. The van der Waals surface area contributed by atoms with Crippen LogP contribution in [0.5, 0.6) is 0 Å². The summed E-state index contributed by atoms with van der Waals surface area (Å²) in [7, 11) is 0. The first kappa shape index (κ1) is 11.7. The molecule has 1 aromatic rings. The van der Waals surface area contributed by atoms with Crippen LogP contribution in [0.2, 0.25) is 0 Å². The molecule has 3 rings (SSSR count). The maximum Gasteiger partial charge on any atom is 0.165 e. The summed E-state index contributed by atoms with van der Waals surface area (Å²) in [4.78, 5) is 12.6. The molecule has 1 atom stereocenters. The Kier molecular flexibility index (Phi) is 3.31. The molecule has 0 saturated heterocycles. The van der Waals surface area contributed by atoms with E-state index in [0.29, 0.717) is 5.78 Å². The van der Waals surface area contributed by atoms with Gasteiger partial charge in [0.25, 0.3) is 0 Å². The second kappa shape index (κ2) is 5.09. The molecule has 0 amide bonds. The summed E-state index contributed by atoms with van der Waals surface area (Å²) in [5.74, 6) is 0.543. The molecule has 2 aliphatic rings. The van der Waals surface area contributed by atoms with Crippen LogP contribution < -0.4 is 0 Å². The van der Waals surface area contributed by atoms with E-state index in [1.54, 1.807) is 0 Å². The van der Waals surface area contributed by atoms with Crippen molar-refractivity contribution in [3.63, 3.8) is 0 Å². The minimum atomic E-state index is 0.138. The van der Waals surface area contributed by atoms with Crippen molar-refractivity contribution >= 4 is 5.78 Å². The van der Waals surface area contributed by atoms with Crippen LogP contribution in [-0.2, 0) is 11.2 Å². The van der Waals surface area contributed by atoms with E-state index in [2.05, 4.69) is 30.3 Å². The number of fused-ring (bicyclic) bond motifs is 1. The van der Waals surface area contributed by atoms with Crippen molar-refractivity contribution < 1.29 is 4.79 Å². The van der Waals surface area contributed by atoms with E-state index in [1.807, 2.05) is 0 Å². The molecule has 18 heavy (non-hydrogen) atoms. The zero-order valence-corrected chi connectivity index (χ0v) is 10.8. The molecule has 2 aliphatic carbocycles. The van der Waals surface area contributed by atoms with Gasteiger partial charge >= 0.3 is 0 Å². The minimum Gasteiger partial charge on any atom is -0.294 e. The molecule has 0 aromatic heterocycles. The zero-order chi connectivity index (χ0) is 12.4. The number of benzene rings is 1. The van der Waals surface area contributed by atoms with Crippen molar-refractivity contribution in [2.75, 3.05) is 0 Å². The van der Waals surface area contributed by atoms with Crippen LogP contribution in [-0.4, -0.2) is 5.78 Å². The third-order valence-electron chi connectivity index (χ3n) is 4.29. The van der Waals surface area contributed by atoms with E-state index in [-0.39, 0.29) is 5.92 Å². The zero-order valence-electron chi connectivity index (χ0n) is 10.8. The van der Waals surface area contributed by atoms with Crippen LogP contribution in [0.25, 0.3) is 0 Å². The van der Waals surface area contributed by atoms with E-state index < -0.39 is 0 Å². The summed E-state index contributed by atoms with van der Waals surface area (Å²) >= 11 is 0. The minimum absolute atomic E-state index is 0.138. The van der Waals surface area contributed by atoms with Crippen molar-refractivity contribution in [1.82, 2.24) is 0 Å². The molecular formula is C17H20O. The molecule has 1 aromatic carbocycles. The van der Waals surface area contributed by atoms with Gasteiger partial charge in [0.1, 0.15) is 0 Å². The molecule has 0 bridgehead atoms. The number of allylic oxidation sites excluding steroid dienone is 2. The molecule has 0 N–H and O–H groups in total. The van der Waals surface area contributed by atoms with E-state index in [4.69, 9.17) is 0 Å². The van der Waals surface area contributed by atoms with Gasteiger partial charge in [0.05, 0.1) is 0 Å². The third kappa shape index (κ3) is 2.14. The molecule has 1 heteroatoms. The third-order valence-corrected chi connectivity index (χ3v) is 4.29. The molecule has 0 aliphatic heterocycles. The van der Waals surface area contributed by atoms with E-state index >= 15 is 0 Å². The number of ketones is 1. The second-order valence-corrected chi connectivity index (χ2v) is 5.48. The van der Waals surface area contributed by atoms with Crippen LogP contribution in [0.3, 0.4) is 0 Å². The highest BCUT2D eigenvalue weighted by Crippen LogP contribution is 2.35. The first-order valence-corrected chi connectivity index (χ1v) is 7.17. The molecule has 1 unspecified atom stereocenters. The van der Waals surface area contributed by atoms with Crippen LogP contribution in [0, 0.1) is 0 Å². The first-order chi connectivity index (χ1) is 8.86. The lowest BCUT2D eigenvalue weighted by molar-refractivity contribution is -0.117. The smallest absolute Gasteiger partial charge is 0.165 e. The highest BCUT2D eigenvalue weighted by atomic mass is 16.1. The summed E-state index contributed by atoms with van der Waals surface area (Å²) in [6, 6.07) is 8.50. The lowest BCUT2D eigenvalue weighted by atomic mass is 9.77. The summed E-state index contributed by atoms with van der Waals surface area (Å²) in [5, 5.41) is 0. The van der Waals surface area contributed by atoms with Gasteiger partial charge in [-0.25, -0.2) is 0 Å². The Hall–Kier alpha value is -1.37. The lowest BCUT2D eigenvalue weighted by Crippen LogP contribution is -2.20. The normalized spacial score (nSPS) is 23.1. The molecule has 1 nitrogen and oxygen atoms in total. The Labute approximate surface area is 109 Å². The van der Waals surface area contributed by atoms with Gasteiger partial charge < -0.3 is 0 Å². The van der Waals surface area contributed by atoms with E-state index in [9.17, 15) is 4.79 Å². The molecule has 94 valence electrons. The fraction of sp³-hybridized carbons (Fsp3) is 0.471. The van der Waals surface area contributed by atoms with Gasteiger partial charge in [0.15, 0.2) is 5.78 Å². The molecule has 0 spiro atoms. The number of hydrogen-bond acceptors (Lipinski definition) is 1. The monoisotopic (exact) mass is 240 g/mol. The Balaban J connectivity index is 1.89. The topological polar surface area (TPSA) is 17.1 Å². The van der Waals surface area contributed by atoms with E-state index in [0.717, 1.165) is 37.7 Å². The van der Waals surface area contributed by atoms with Gasteiger partial charge in [-0.15, -0.1) is 0 Å². The van der Waals surface area contributed by atoms with Gasteiger partial charge in [0, 0.05) is 5.92 Å². The Morgan fingerprint density at radius 3 is 2.78 bits per heavy atom.